The molecule has 144 valence electrons. The zero-order valence-electron chi connectivity index (χ0n) is 14.5. The molecule has 0 spiro atoms. The molecule has 0 radical (unpaired) electrons. The summed E-state index contributed by atoms with van der Waals surface area (Å²) in [7, 11) is -4.01. The standard InChI is InChI=1S/C20H16ClFN2O3S/c21-15-6-12-19(13-7-15)28(26,27)24(18-4-2-1-3-5-18)14-20(25)23-17-10-8-16(22)9-11-17/h1-13H,14H2,(H,23,25). The molecule has 1 N–H and O–H groups in total. The molecule has 0 fully saturated rings. The number of sulfonamides is 1. The van der Waals surface area contributed by atoms with Crippen molar-refractivity contribution in [1.82, 2.24) is 0 Å². The number of hydrogen-bond donors (Lipinski definition) is 1. The van der Waals surface area contributed by atoms with Crippen LogP contribution in [0.15, 0.2) is 83.8 Å². The summed E-state index contributed by atoms with van der Waals surface area (Å²) < 4.78 is 40.3. The molecular formula is C20H16ClFN2O3S. The van der Waals surface area contributed by atoms with Crippen LogP contribution in [0.2, 0.25) is 5.02 Å². The lowest BCUT2D eigenvalue weighted by atomic mass is 10.3. The van der Waals surface area contributed by atoms with Crippen molar-refractivity contribution in [3.8, 4) is 0 Å². The third-order valence-electron chi connectivity index (χ3n) is 3.86. The lowest BCUT2D eigenvalue weighted by Gasteiger charge is -2.24. The predicted octanol–water partition coefficient (Wildman–Crippen LogP) is 4.31. The Balaban J connectivity index is 1.90. The van der Waals surface area contributed by atoms with Crippen molar-refractivity contribution in [2.45, 2.75) is 4.90 Å². The molecule has 3 aromatic carbocycles. The number of amides is 1. The van der Waals surface area contributed by atoms with Crippen molar-refractivity contribution in [1.29, 1.82) is 0 Å². The number of benzene rings is 3. The van der Waals surface area contributed by atoms with E-state index in [2.05, 4.69) is 5.32 Å². The van der Waals surface area contributed by atoms with E-state index >= 15 is 0 Å². The van der Waals surface area contributed by atoms with Gasteiger partial charge in [0.05, 0.1) is 10.6 Å². The van der Waals surface area contributed by atoms with E-state index in [0.29, 0.717) is 16.4 Å². The van der Waals surface area contributed by atoms with E-state index in [1.54, 1.807) is 30.3 Å². The van der Waals surface area contributed by atoms with Gasteiger partial charge >= 0.3 is 0 Å². The molecule has 0 aliphatic rings. The Bertz CT molecular complexity index is 1060. The van der Waals surface area contributed by atoms with E-state index in [4.69, 9.17) is 11.6 Å². The van der Waals surface area contributed by atoms with Crippen molar-refractivity contribution < 1.29 is 17.6 Å². The fourth-order valence-electron chi connectivity index (χ4n) is 2.51. The molecule has 0 saturated heterocycles. The van der Waals surface area contributed by atoms with Gasteiger partial charge in [0, 0.05) is 10.7 Å². The lowest BCUT2D eigenvalue weighted by Crippen LogP contribution is -2.38. The van der Waals surface area contributed by atoms with Gasteiger partial charge in [0.25, 0.3) is 10.0 Å². The fraction of sp³-hybridized carbons (Fsp3) is 0.0500. The maximum atomic E-state index is 13.1. The number of halogens is 2. The Morgan fingerprint density at radius 2 is 1.54 bits per heavy atom. The molecular weight excluding hydrogens is 403 g/mol. The second-order valence-corrected chi connectivity index (χ2v) is 8.15. The van der Waals surface area contributed by atoms with Crippen LogP contribution in [0.5, 0.6) is 0 Å². The quantitative estimate of drug-likeness (QED) is 0.648. The van der Waals surface area contributed by atoms with E-state index in [0.717, 1.165) is 4.31 Å². The molecule has 8 heteroatoms. The average Bonchev–Trinajstić information content (AvgIpc) is 2.69. The van der Waals surface area contributed by atoms with Crippen LogP contribution >= 0.6 is 11.6 Å². The first-order valence-corrected chi connectivity index (χ1v) is 10.1. The molecule has 0 aliphatic carbocycles. The van der Waals surface area contributed by atoms with Crippen LogP contribution in [0, 0.1) is 5.82 Å². The maximum absolute atomic E-state index is 13.1. The minimum Gasteiger partial charge on any atom is -0.325 e. The number of nitrogens with zero attached hydrogens (tertiary/aromatic N) is 1. The molecule has 0 aromatic heterocycles. The number of carbonyl (C=O) groups is 1. The highest BCUT2D eigenvalue weighted by atomic mass is 35.5. The maximum Gasteiger partial charge on any atom is 0.264 e. The molecule has 28 heavy (non-hydrogen) atoms. The minimum absolute atomic E-state index is 0.00957. The Labute approximate surface area is 167 Å². The molecule has 0 atom stereocenters. The van der Waals surface area contributed by atoms with E-state index in [1.165, 1.54) is 48.5 Å². The molecule has 0 aliphatic heterocycles. The highest BCUT2D eigenvalue weighted by Crippen LogP contribution is 2.24. The highest BCUT2D eigenvalue weighted by Gasteiger charge is 2.27. The SMILES string of the molecule is O=C(CN(c1ccccc1)S(=O)(=O)c1ccc(Cl)cc1)Nc1ccc(F)cc1. The summed E-state index contributed by atoms with van der Waals surface area (Å²) in [4.78, 5) is 12.5. The van der Waals surface area contributed by atoms with Crippen molar-refractivity contribution in [3.63, 3.8) is 0 Å². The van der Waals surface area contributed by atoms with Crippen molar-refractivity contribution in [2.24, 2.45) is 0 Å². The topological polar surface area (TPSA) is 66.5 Å². The first kappa shape index (κ1) is 19.9. The molecule has 3 rings (SSSR count). The van der Waals surface area contributed by atoms with Crippen molar-refractivity contribution in [3.05, 3.63) is 89.7 Å². The molecule has 3 aromatic rings. The molecule has 1 amide bonds. The lowest BCUT2D eigenvalue weighted by molar-refractivity contribution is -0.114. The van der Waals surface area contributed by atoms with Crippen LogP contribution in [0.3, 0.4) is 0 Å². The van der Waals surface area contributed by atoms with Crippen LogP contribution in [0.1, 0.15) is 0 Å². The van der Waals surface area contributed by atoms with Crippen molar-refractivity contribution in [2.75, 3.05) is 16.2 Å². The van der Waals surface area contributed by atoms with Gasteiger partial charge in [-0.2, -0.15) is 0 Å². The molecule has 0 bridgehead atoms. The van der Waals surface area contributed by atoms with Gasteiger partial charge in [0.1, 0.15) is 12.4 Å². The Hall–Kier alpha value is -2.90. The summed E-state index contributed by atoms with van der Waals surface area (Å²) in [5.41, 5.74) is 0.704. The van der Waals surface area contributed by atoms with E-state index in [-0.39, 0.29) is 4.90 Å². The highest BCUT2D eigenvalue weighted by molar-refractivity contribution is 7.92. The summed E-state index contributed by atoms with van der Waals surface area (Å²) in [5.74, 6) is -0.998. The predicted molar refractivity (Wildman–Crippen MR) is 107 cm³/mol. The normalized spacial score (nSPS) is 11.1. The summed E-state index contributed by atoms with van der Waals surface area (Å²) in [6.45, 7) is -0.452. The second kappa shape index (κ2) is 8.41. The first-order valence-electron chi connectivity index (χ1n) is 8.25. The molecule has 0 unspecified atom stereocenters. The van der Waals surface area contributed by atoms with Gasteiger partial charge < -0.3 is 5.32 Å². The van der Waals surface area contributed by atoms with Crippen LogP contribution < -0.4 is 9.62 Å². The number of para-hydroxylation sites is 1. The number of anilines is 2. The summed E-state index contributed by atoms with van der Waals surface area (Å²) in [6, 6.07) is 19.2. The summed E-state index contributed by atoms with van der Waals surface area (Å²) >= 11 is 5.84. The van der Waals surface area contributed by atoms with Crippen LogP contribution in [-0.4, -0.2) is 20.9 Å². The van der Waals surface area contributed by atoms with Crippen LogP contribution in [0.4, 0.5) is 15.8 Å². The molecule has 0 saturated carbocycles. The number of nitrogens with one attached hydrogen (secondary N) is 1. The average molecular weight is 419 g/mol. The number of hydrogen-bond acceptors (Lipinski definition) is 3. The van der Waals surface area contributed by atoms with Crippen molar-refractivity contribution >= 4 is 38.9 Å². The van der Waals surface area contributed by atoms with Gasteiger partial charge in [-0.1, -0.05) is 29.8 Å². The van der Waals surface area contributed by atoms with Gasteiger partial charge in [0.2, 0.25) is 5.91 Å². The van der Waals surface area contributed by atoms with Gasteiger partial charge in [-0.15, -0.1) is 0 Å². The third kappa shape index (κ3) is 4.68. The van der Waals surface area contributed by atoms with Gasteiger partial charge in [-0.3, -0.25) is 9.10 Å². The zero-order chi connectivity index (χ0) is 20.1. The summed E-state index contributed by atoms with van der Waals surface area (Å²) in [5, 5.41) is 2.97. The third-order valence-corrected chi connectivity index (χ3v) is 5.90. The van der Waals surface area contributed by atoms with Crippen LogP contribution in [0.25, 0.3) is 0 Å². The molecule has 5 nitrogen and oxygen atoms in total. The van der Waals surface area contributed by atoms with Gasteiger partial charge in [0.15, 0.2) is 0 Å². The number of carbonyl (C=O) groups excluding carboxylic acids is 1. The zero-order valence-corrected chi connectivity index (χ0v) is 16.1. The first-order chi connectivity index (χ1) is 13.4. The monoisotopic (exact) mass is 418 g/mol. The largest absolute Gasteiger partial charge is 0.325 e. The second-order valence-electron chi connectivity index (χ2n) is 5.86. The summed E-state index contributed by atoms with van der Waals surface area (Å²) in [6.07, 6.45) is 0. The van der Waals surface area contributed by atoms with E-state index in [9.17, 15) is 17.6 Å². The van der Waals surface area contributed by atoms with Gasteiger partial charge in [-0.05, 0) is 60.7 Å². The van der Waals surface area contributed by atoms with Crippen LogP contribution in [-0.2, 0) is 14.8 Å². The Morgan fingerprint density at radius 3 is 2.14 bits per heavy atom. The smallest absolute Gasteiger partial charge is 0.264 e. The Kier molecular flexibility index (Phi) is 5.96. The van der Waals surface area contributed by atoms with E-state index in [1.807, 2.05) is 0 Å². The Morgan fingerprint density at radius 1 is 0.929 bits per heavy atom. The molecule has 0 heterocycles. The van der Waals surface area contributed by atoms with Gasteiger partial charge in [-0.25, -0.2) is 12.8 Å². The minimum atomic E-state index is -4.01. The fourth-order valence-corrected chi connectivity index (χ4v) is 4.05. The van der Waals surface area contributed by atoms with E-state index < -0.39 is 28.3 Å². The number of rotatable bonds is 6.